The van der Waals surface area contributed by atoms with Crippen molar-refractivity contribution >= 4 is 34.7 Å². The minimum atomic E-state index is -0.493. The number of nitrogens with zero attached hydrogens (tertiary/aromatic N) is 1. The van der Waals surface area contributed by atoms with Crippen molar-refractivity contribution in [1.82, 2.24) is 4.57 Å². The average Bonchev–Trinajstić information content (AvgIpc) is 2.88. The van der Waals surface area contributed by atoms with Crippen LogP contribution >= 0.6 is 11.6 Å². The lowest BCUT2D eigenvalue weighted by Crippen LogP contribution is -2.11. The molecule has 4 nitrogen and oxygen atoms in total. The van der Waals surface area contributed by atoms with E-state index in [2.05, 4.69) is 0 Å². The number of fused-ring (bicyclic) bond motifs is 1. The Balaban J connectivity index is 2.27. The smallest absolute Gasteiger partial charge is 0.248 e. The summed E-state index contributed by atoms with van der Waals surface area (Å²) in [6, 6.07) is 12.8. The van der Waals surface area contributed by atoms with Crippen molar-refractivity contribution in [3.8, 4) is 0 Å². The molecule has 0 spiro atoms. The molecule has 1 aromatic heterocycles. The number of benzene rings is 2. The summed E-state index contributed by atoms with van der Waals surface area (Å²) in [5.41, 5.74) is 9.15. The molecule has 0 aliphatic heterocycles. The number of aldehydes is 1. The van der Waals surface area contributed by atoms with Crippen molar-refractivity contribution in [3.05, 3.63) is 69.9 Å². The van der Waals surface area contributed by atoms with Gasteiger partial charge in [0.1, 0.15) is 0 Å². The number of hydrogen-bond acceptors (Lipinski definition) is 2. The van der Waals surface area contributed by atoms with Crippen LogP contribution < -0.4 is 5.73 Å². The Kier molecular flexibility index (Phi) is 4.40. The first kappa shape index (κ1) is 16.3. The number of aromatic nitrogens is 1. The van der Waals surface area contributed by atoms with E-state index in [1.807, 2.05) is 35.8 Å². The molecule has 3 aromatic rings. The highest BCUT2D eigenvalue weighted by molar-refractivity contribution is 6.31. The standard InChI is InChI=1S/C19H17ClN2O2/c1-2-17-15(11-23)14-8-7-12(19(21)24)9-18(14)22(17)10-13-5-3-4-6-16(13)20/h3-9,11H,2,10H2,1H3,(H2,21,24). The van der Waals surface area contributed by atoms with E-state index in [0.717, 1.165) is 28.4 Å². The van der Waals surface area contributed by atoms with Crippen LogP contribution in [0.15, 0.2) is 42.5 Å². The molecule has 122 valence electrons. The van der Waals surface area contributed by atoms with Crippen LogP contribution in [0.3, 0.4) is 0 Å². The summed E-state index contributed by atoms with van der Waals surface area (Å²) in [6.07, 6.45) is 1.56. The Morgan fingerprint density at radius 3 is 2.62 bits per heavy atom. The Bertz CT molecular complexity index is 944. The summed E-state index contributed by atoms with van der Waals surface area (Å²) in [5, 5.41) is 1.49. The number of halogens is 1. The third-order valence-electron chi connectivity index (χ3n) is 4.24. The van der Waals surface area contributed by atoms with Crippen LogP contribution in [-0.4, -0.2) is 16.8 Å². The second-order valence-electron chi connectivity index (χ2n) is 5.61. The van der Waals surface area contributed by atoms with Crippen LogP contribution in [0.1, 0.15) is 38.9 Å². The summed E-state index contributed by atoms with van der Waals surface area (Å²) in [6.45, 7) is 2.52. The van der Waals surface area contributed by atoms with Gasteiger partial charge in [-0.1, -0.05) is 42.8 Å². The topological polar surface area (TPSA) is 65.1 Å². The molecule has 2 aromatic carbocycles. The maximum atomic E-state index is 11.6. The first-order chi connectivity index (χ1) is 11.6. The van der Waals surface area contributed by atoms with Gasteiger partial charge in [0.2, 0.25) is 5.91 Å². The van der Waals surface area contributed by atoms with E-state index in [1.165, 1.54) is 0 Å². The molecular weight excluding hydrogens is 324 g/mol. The van der Waals surface area contributed by atoms with Crippen molar-refractivity contribution in [1.29, 1.82) is 0 Å². The van der Waals surface area contributed by atoms with Gasteiger partial charge in [0.25, 0.3) is 0 Å². The highest BCUT2D eigenvalue weighted by Crippen LogP contribution is 2.29. The van der Waals surface area contributed by atoms with Gasteiger partial charge in [-0.05, 0) is 30.2 Å². The Hall–Kier alpha value is -2.59. The van der Waals surface area contributed by atoms with Gasteiger partial charge < -0.3 is 10.3 Å². The summed E-state index contributed by atoms with van der Waals surface area (Å²) in [7, 11) is 0. The van der Waals surface area contributed by atoms with E-state index in [1.54, 1.807) is 18.2 Å². The van der Waals surface area contributed by atoms with E-state index in [0.29, 0.717) is 29.1 Å². The zero-order valence-electron chi connectivity index (χ0n) is 13.3. The molecule has 3 rings (SSSR count). The number of carbonyl (C=O) groups is 2. The molecule has 5 heteroatoms. The number of carbonyl (C=O) groups excluding carboxylic acids is 2. The van der Waals surface area contributed by atoms with Gasteiger partial charge in [-0.15, -0.1) is 0 Å². The van der Waals surface area contributed by atoms with E-state index in [9.17, 15) is 9.59 Å². The maximum absolute atomic E-state index is 11.6. The fraction of sp³-hybridized carbons (Fsp3) is 0.158. The number of rotatable bonds is 5. The van der Waals surface area contributed by atoms with E-state index < -0.39 is 5.91 Å². The first-order valence-corrected chi connectivity index (χ1v) is 8.08. The van der Waals surface area contributed by atoms with Gasteiger partial charge in [0, 0.05) is 33.8 Å². The fourth-order valence-electron chi connectivity index (χ4n) is 3.07. The van der Waals surface area contributed by atoms with E-state index in [4.69, 9.17) is 17.3 Å². The lowest BCUT2D eigenvalue weighted by Gasteiger charge is -2.12. The predicted octanol–water partition coefficient (Wildman–Crippen LogP) is 3.82. The molecule has 0 aliphatic carbocycles. The van der Waals surface area contributed by atoms with E-state index >= 15 is 0 Å². The third kappa shape index (κ3) is 2.69. The number of nitrogens with two attached hydrogens (primary N) is 1. The van der Waals surface area contributed by atoms with Gasteiger partial charge in [0.15, 0.2) is 6.29 Å². The third-order valence-corrected chi connectivity index (χ3v) is 4.61. The van der Waals surface area contributed by atoms with Crippen LogP contribution in [0.4, 0.5) is 0 Å². The molecule has 1 amide bonds. The Labute approximate surface area is 144 Å². The quantitative estimate of drug-likeness (QED) is 0.717. The van der Waals surface area contributed by atoms with Crippen molar-refractivity contribution < 1.29 is 9.59 Å². The van der Waals surface area contributed by atoms with Gasteiger partial charge in [0.05, 0.1) is 5.52 Å². The molecule has 0 saturated heterocycles. The summed E-state index contributed by atoms with van der Waals surface area (Å²) in [4.78, 5) is 23.1. The molecule has 0 bridgehead atoms. The monoisotopic (exact) mass is 340 g/mol. The molecule has 0 aliphatic rings. The zero-order valence-corrected chi connectivity index (χ0v) is 14.0. The molecule has 0 radical (unpaired) electrons. The molecule has 1 heterocycles. The maximum Gasteiger partial charge on any atom is 0.248 e. The zero-order chi connectivity index (χ0) is 17.3. The van der Waals surface area contributed by atoms with Crippen molar-refractivity contribution in [3.63, 3.8) is 0 Å². The molecule has 24 heavy (non-hydrogen) atoms. The van der Waals surface area contributed by atoms with E-state index in [-0.39, 0.29) is 0 Å². The van der Waals surface area contributed by atoms with Crippen LogP contribution in [0.25, 0.3) is 10.9 Å². The Morgan fingerprint density at radius 2 is 2.00 bits per heavy atom. The summed E-state index contributed by atoms with van der Waals surface area (Å²) < 4.78 is 2.03. The minimum Gasteiger partial charge on any atom is -0.366 e. The number of hydrogen-bond donors (Lipinski definition) is 1. The van der Waals surface area contributed by atoms with Gasteiger partial charge >= 0.3 is 0 Å². The van der Waals surface area contributed by atoms with Gasteiger partial charge in [-0.25, -0.2) is 0 Å². The van der Waals surface area contributed by atoms with Gasteiger partial charge in [-0.3, -0.25) is 9.59 Å². The van der Waals surface area contributed by atoms with Crippen LogP contribution in [0.2, 0.25) is 5.02 Å². The first-order valence-electron chi connectivity index (χ1n) is 7.70. The van der Waals surface area contributed by atoms with Crippen LogP contribution in [0, 0.1) is 0 Å². The van der Waals surface area contributed by atoms with Crippen molar-refractivity contribution in [2.45, 2.75) is 19.9 Å². The normalized spacial score (nSPS) is 10.9. The van der Waals surface area contributed by atoms with Crippen LogP contribution in [0.5, 0.6) is 0 Å². The minimum absolute atomic E-state index is 0.417. The lowest BCUT2D eigenvalue weighted by atomic mass is 10.1. The number of primary amides is 1. The Morgan fingerprint density at radius 1 is 1.25 bits per heavy atom. The number of amides is 1. The molecule has 0 unspecified atom stereocenters. The predicted molar refractivity (Wildman–Crippen MR) is 95.8 cm³/mol. The average molecular weight is 341 g/mol. The van der Waals surface area contributed by atoms with Crippen molar-refractivity contribution in [2.75, 3.05) is 0 Å². The molecule has 0 fully saturated rings. The second-order valence-corrected chi connectivity index (χ2v) is 6.01. The second kappa shape index (κ2) is 6.49. The summed E-state index contributed by atoms with van der Waals surface area (Å²) >= 11 is 6.29. The van der Waals surface area contributed by atoms with Crippen molar-refractivity contribution in [2.24, 2.45) is 5.73 Å². The fourth-order valence-corrected chi connectivity index (χ4v) is 3.27. The van der Waals surface area contributed by atoms with Crippen LogP contribution in [-0.2, 0) is 13.0 Å². The molecule has 0 saturated carbocycles. The van der Waals surface area contributed by atoms with Gasteiger partial charge in [-0.2, -0.15) is 0 Å². The largest absolute Gasteiger partial charge is 0.366 e. The summed E-state index contributed by atoms with van der Waals surface area (Å²) in [5.74, 6) is -0.493. The molecule has 2 N–H and O–H groups in total. The molecule has 0 atom stereocenters. The lowest BCUT2D eigenvalue weighted by molar-refractivity contribution is 0.1000. The molecular formula is C19H17ClN2O2. The highest BCUT2D eigenvalue weighted by Gasteiger charge is 2.17. The SMILES string of the molecule is CCc1c(C=O)c2ccc(C(N)=O)cc2n1Cc1ccccc1Cl. The highest BCUT2D eigenvalue weighted by atomic mass is 35.5.